The van der Waals surface area contributed by atoms with E-state index in [0.717, 1.165) is 25.1 Å². The third kappa shape index (κ3) is 1.84. The first-order valence-corrected chi connectivity index (χ1v) is 5.08. The summed E-state index contributed by atoms with van der Waals surface area (Å²) in [5, 5.41) is 8.52. The van der Waals surface area contributed by atoms with Crippen LogP contribution in [0.4, 0.5) is 5.69 Å². The number of aryl methyl sites for hydroxylation is 1. The van der Waals surface area contributed by atoms with Crippen LogP contribution < -0.4 is 4.90 Å². The minimum atomic E-state index is -0.0929. The Hall–Kier alpha value is -1.82. The highest BCUT2D eigenvalue weighted by Gasteiger charge is 2.21. The molecule has 3 nitrogen and oxygen atoms in total. The van der Waals surface area contributed by atoms with Gasteiger partial charge in [-0.1, -0.05) is 18.2 Å². The molecule has 0 aliphatic carbocycles. The molecule has 0 spiro atoms. The van der Waals surface area contributed by atoms with Gasteiger partial charge in [0.15, 0.2) is 0 Å². The van der Waals surface area contributed by atoms with Gasteiger partial charge in [0.05, 0.1) is 6.07 Å². The summed E-state index contributed by atoms with van der Waals surface area (Å²) in [6.45, 7) is 0.734. The molecule has 1 aromatic carbocycles. The van der Waals surface area contributed by atoms with E-state index < -0.39 is 0 Å². The molecule has 1 aliphatic heterocycles. The number of para-hydroxylation sites is 1. The first kappa shape index (κ1) is 9.72. The van der Waals surface area contributed by atoms with Crippen LogP contribution in [0, 0.1) is 11.3 Å². The van der Waals surface area contributed by atoms with Crippen molar-refractivity contribution in [1.29, 1.82) is 5.26 Å². The van der Waals surface area contributed by atoms with Crippen molar-refractivity contribution in [2.45, 2.75) is 19.3 Å². The fourth-order valence-electron chi connectivity index (χ4n) is 1.96. The van der Waals surface area contributed by atoms with Crippen LogP contribution in [0.3, 0.4) is 0 Å². The summed E-state index contributed by atoms with van der Waals surface area (Å²) in [6, 6.07) is 9.81. The first-order chi connectivity index (χ1) is 7.33. The summed E-state index contributed by atoms with van der Waals surface area (Å²) in [4.78, 5) is 13.4. The molecule has 1 heterocycles. The van der Waals surface area contributed by atoms with E-state index in [0.29, 0.717) is 0 Å². The van der Waals surface area contributed by atoms with Gasteiger partial charge >= 0.3 is 0 Å². The van der Waals surface area contributed by atoms with Crippen LogP contribution in [0.5, 0.6) is 0 Å². The molecule has 1 aliphatic rings. The Balaban J connectivity index is 2.30. The predicted molar refractivity (Wildman–Crippen MR) is 57.3 cm³/mol. The van der Waals surface area contributed by atoms with Gasteiger partial charge in [-0.3, -0.25) is 4.79 Å². The molecule has 3 heteroatoms. The second-order valence-corrected chi connectivity index (χ2v) is 3.61. The number of hydrogen-bond acceptors (Lipinski definition) is 2. The third-order valence-corrected chi connectivity index (χ3v) is 2.64. The molecule has 0 saturated carbocycles. The Bertz CT molecular complexity index is 420. The predicted octanol–water partition coefficient (Wildman–Crippen LogP) is 1.88. The molecule has 2 rings (SSSR count). The smallest absolute Gasteiger partial charge is 0.241 e. The van der Waals surface area contributed by atoms with Crippen molar-refractivity contribution in [2.75, 3.05) is 11.4 Å². The lowest BCUT2D eigenvalue weighted by molar-refractivity contribution is -0.117. The summed E-state index contributed by atoms with van der Waals surface area (Å²) in [7, 11) is 0. The highest BCUT2D eigenvalue weighted by atomic mass is 16.2. The van der Waals surface area contributed by atoms with E-state index in [1.165, 1.54) is 5.56 Å². The van der Waals surface area contributed by atoms with E-state index in [2.05, 4.69) is 0 Å². The van der Waals surface area contributed by atoms with Gasteiger partial charge < -0.3 is 4.90 Å². The molecule has 0 fully saturated rings. The molecule has 15 heavy (non-hydrogen) atoms. The maximum absolute atomic E-state index is 11.7. The number of rotatable bonds is 1. The van der Waals surface area contributed by atoms with E-state index in [9.17, 15) is 4.79 Å². The summed E-state index contributed by atoms with van der Waals surface area (Å²) >= 11 is 0. The summed E-state index contributed by atoms with van der Waals surface area (Å²) < 4.78 is 0. The van der Waals surface area contributed by atoms with Crippen molar-refractivity contribution < 1.29 is 4.79 Å². The quantitative estimate of drug-likeness (QED) is 0.694. The highest BCUT2D eigenvalue weighted by Crippen LogP contribution is 2.26. The second-order valence-electron chi connectivity index (χ2n) is 3.61. The average molecular weight is 200 g/mol. The molecule has 76 valence electrons. The minimum Gasteiger partial charge on any atom is -0.311 e. The highest BCUT2D eigenvalue weighted by molar-refractivity contribution is 5.95. The summed E-state index contributed by atoms with van der Waals surface area (Å²) in [5.41, 5.74) is 2.18. The van der Waals surface area contributed by atoms with Crippen molar-refractivity contribution in [3.8, 4) is 6.07 Å². The fourth-order valence-corrected chi connectivity index (χ4v) is 1.96. The van der Waals surface area contributed by atoms with E-state index >= 15 is 0 Å². The van der Waals surface area contributed by atoms with Gasteiger partial charge in [-0.25, -0.2) is 0 Å². The monoisotopic (exact) mass is 200 g/mol. The Morgan fingerprint density at radius 1 is 1.47 bits per heavy atom. The summed E-state index contributed by atoms with van der Waals surface area (Å²) in [5.74, 6) is -0.0929. The number of carbonyl (C=O) groups excluding carboxylic acids is 1. The lowest BCUT2D eigenvalue weighted by atomic mass is 10.0. The van der Waals surface area contributed by atoms with Crippen molar-refractivity contribution >= 4 is 11.6 Å². The molecule has 1 amide bonds. The zero-order valence-electron chi connectivity index (χ0n) is 8.44. The molecule has 0 unspecified atom stereocenters. The van der Waals surface area contributed by atoms with Gasteiger partial charge in [-0.05, 0) is 24.5 Å². The number of carbonyl (C=O) groups is 1. The van der Waals surface area contributed by atoms with Crippen LogP contribution in [0.15, 0.2) is 24.3 Å². The third-order valence-electron chi connectivity index (χ3n) is 2.64. The number of anilines is 1. The van der Waals surface area contributed by atoms with E-state index in [4.69, 9.17) is 5.26 Å². The van der Waals surface area contributed by atoms with Crippen LogP contribution >= 0.6 is 0 Å². The fraction of sp³-hybridized carbons (Fsp3) is 0.333. The topological polar surface area (TPSA) is 44.1 Å². The van der Waals surface area contributed by atoms with Crippen LogP contribution in [0.2, 0.25) is 0 Å². The van der Waals surface area contributed by atoms with E-state index in [-0.39, 0.29) is 12.3 Å². The van der Waals surface area contributed by atoms with Gasteiger partial charge in [-0.15, -0.1) is 0 Å². The Labute approximate surface area is 88.9 Å². The van der Waals surface area contributed by atoms with Crippen LogP contribution in [-0.4, -0.2) is 12.5 Å². The number of benzene rings is 1. The van der Waals surface area contributed by atoms with Gasteiger partial charge in [0.2, 0.25) is 5.91 Å². The number of hydrogen-bond donors (Lipinski definition) is 0. The van der Waals surface area contributed by atoms with Crippen LogP contribution in [-0.2, 0) is 11.2 Å². The van der Waals surface area contributed by atoms with E-state index in [1.807, 2.05) is 30.3 Å². The average Bonchev–Trinajstić information content (AvgIpc) is 2.28. The molecule has 0 radical (unpaired) electrons. The standard InChI is InChI=1S/C12H12N2O/c13-8-7-12(15)14-9-3-5-10-4-1-2-6-11(10)14/h1-2,4,6H,3,5,7,9H2. The van der Waals surface area contributed by atoms with Gasteiger partial charge in [0.1, 0.15) is 6.42 Å². The largest absolute Gasteiger partial charge is 0.311 e. The second kappa shape index (κ2) is 4.14. The van der Waals surface area contributed by atoms with Gasteiger partial charge in [0.25, 0.3) is 0 Å². The lowest BCUT2D eigenvalue weighted by Gasteiger charge is -2.28. The summed E-state index contributed by atoms with van der Waals surface area (Å²) in [6.07, 6.45) is 1.97. The number of amides is 1. The van der Waals surface area contributed by atoms with Crippen LogP contribution in [0.25, 0.3) is 0 Å². The first-order valence-electron chi connectivity index (χ1n) is 5.08. The molecule has 1 aromatic rings. The van der Waals surface area contributed by atoms with Gasteiger partial charge in [0, 0.05) is 12.2 Å². The normalized spacial score (nSPS) is 14.2. The maximum atomic E-state index is 11.7. The maximum Gasteiger partial charge on any atom is 0.241 e. The molecule has 0 bridgehead atoms. The molecule has 0 aromatic heterocycles. The SMILES string of the molecule is N#CCC(=O)N1CCCc2ccccc21. The molecular formula is C12H12N2O. The zero-order chi connectivity index (χ0) is 10.7. The van der Waals surface area contributed by atoms with Crippen molar-refractivity contribution in [3.63, 3.8) is 0 Å². The molecule has 0 saturated heterocycles. The molecule has 0 N–H and O–H groups in total. The number of nitrogens with zero attached hydrogens (tertiary/aromatic N) is 2. The Morgan fingerprint density at radius 2 is 2.27 bits per heavy atom. The van der Waals surface area contributed by atoms with Crippen LogP contribution in [0.1, 0.15) is 18.4 Å². The minimum absolute atomic E-state index is 0.0334. The zero-order valence-corrected chi connectivity index (χ0v) is 8.44. The van der Waals surface area contributed by atoms with Crippen molar-refractivity contribution in [3.05, 3.63) is 29.8 Å². The molecular weight excluding hydrogens is 188 g/mol. The lowest BCUT2D eigenvalue weighted by Crippen LogP contribution is -2.35. The van der Waals surface area contributed by atoms with Gasteiger partial charge in [-0.2, -0.15) is 5.26 Å². The Morgan fingerprint density at radius 3 is 3.07 bits per heavy atom. The Kier molecular flexibility index (Phi) is 2.68. The molecule has 0 atom stereocenters. The number of fused-ring (bicyclic) bond motifs is 1. The number of nitriles is 1. The van der Waals surface area contributed by atoms with Crippen molar-refractivity contribution in [2.24, 2.45) is 0 Å². The van der Waals surface area contributed by atoms with E-state index in [1.54, 1.807) is 4.90 Å². The van der Waals surface area contributed by atoms with Crippen molar-refractivity contribution in [1.82, 2.24) is 0 Å².